The third kappa shape index (κ3) is 5.21. The van der Waals surface area contributed by atoms with Crippen molar-refractivity contribution in [3.63, 3.8) is 0 Å². The second-order valence-corrected chi connectivity index (χ2v) is 9.53. The van der Waals surface area contributed by atoms with E-state index in [1.165, 1.54) is 32.1 Å². The zero-order chi connectivity index (χ0) is 22.7. The molecule has 0 atom stereocenters. The molecule has 4 rings (SSSR count). The average Bonchev–Trinajstić information content (AvgIpc) is 2.78. The van der Waals surface area contributed by atoms with Crippen molar-refractivity contribution in [3.8, 4) is 0 Å². The number of benzene rings is 1. The Balaban J connectivity index is 1.52. The molecule has 1 aliphatic carbocycles. The Hall–Kier alpha value is -2.67. The molecule has 2 aromatic rings. The number of hydrogen-bond acceptors (Lipinski definition) is 5. The molecule has 0 bridgehead atoms. The van der Waals surface area contributed by atoms with Crippen LogP contribution < -0.4 is 10.2 Å². The number of carboxylic acids is 1. The van der Waals surface area contributed by atoms with Crippen LogP contribution in [-0.2, 0) is 4.79 Å². The van der Waals surface area contributed by atoms with Crippen molar-refractivity contribution < 1.29 is 14.7 Å². The van der Waals surface area contributed by atoms with Crippen LogP contribution in [0.5, 0.6) is 0 Å². The first-order valence-electron chi connectivity index (χ1n) is 11.9. The zero-order valence-corrected chi connectivity index (χ0v) is 19.1. The van der Waals surface area contributed by atoms with Crippen molar-refractivity contribution in [1.29, 1.82) is 0 Å². The van der Waals surface area contributed by atoms with Gasteiger partial charge >= 0.3 is 5.97 Å². The van der Waals surface area contributed by atoms with Crippen molar-refractivity contribution in [2.75, 3.05) is 36.4 Å². The van der Waals surface area contributed by atoms with E-state index in [0.29, 0.717) is 29.1 Å². The van der Waals surface area contributed by atoms with Crippen LogP contribution in [0.1, 0.15) is 62.7 Å². The molecule has 7 nitrogen and oxygen atoms in total. The molecule has 172 valence electrons. The highest BCUT2D eigenvalue weighted by Crippen LogP contribution is 2.28. The van der Waals surface area contributed by atoms with Crippen molar-refractivity contribution in [3.05, 3.63) is 29.8 Å². The monoisotopic (exact) mass is 438 g/mol. The van der Waals surface area contributed by atoms with Gasteiger partial charge in [-0.05, 0) is 43.0 Å². The van der Waals surface area contributed by atoms with Crippen LogP contribution >= 0.6 is 0 Å². The maximum atomic E-state index is 12.1. The fraction of sp³-hybridized carbons (Fsp3) is 0.560. The summed E-state index contributed by atoms with van der Waals surface area (Å²) in [6.07, 6.45) is 7.05. The Labute approximate surface area is 189 Å². The van der Waals surface area contributed by atoms with Gasteiger partial charge in [0.15, 0.2) is 0 Å². The lowest BCUT2D eigenvalue weighted by Crippen LogP contribution is -2.51. The van der Waals surface area contributed by atoms with Crippen LogP contribution in [0.4, 0.5) is 11.5 Å². The van der Waals surface area contributed by atoms with Crippen molar-refractivity contribution in [2.24, 2.45) is 5.92 Å². The third-order valence-electron chi connectivity index (χ3n) is 6.63. The summed E-state index contributed by atoms with van der Waals surface area (Å²) >= 11 is 0. The molecule has 0 unspecified atom stereocenters. The topological polar surface area (TPSA) is 85.8 Å². The maximum Gasteiger partial charge on any atom is 0.336 e. The van der Waals surface area contributed by atoms with Crippen LogP contribution in [0.2, 0.25) is 0 Å². The quantitative estimate of drug-likeness (QED) is 0.696. The van der Waals surface area contributed by atoms with Gasteiger partial charge < -0.3 is 15.3 Å². The molecule has 2 aliphatic rings. The minimum atomic E-state index is -0.981. The Kier molecular flexibility index (Phi) is 6.94. The lowest BCUT2D eigenvalue weighted by atomic mass is 9.94. The number of aromatic nitrogens is 1. The van der Waals surface area contributed by atoms with Gasteiger partial charge in [0.1, 0.15) is 5.82 Å². The molecule has 1 saturated carbocycles. The molecule has 1 aromatic heterocycles. The molecular weight excluding hydrogens is 404 g/mol. The summed E-state index contributed by atoms with van der Waals surface area (Å²) in [6, 6.07) is 7.70. The van der Waals surface area contributed by atoms with E-state index in [1.807, 2.05) is 13.8 Å². The number of fused-ring (bicyclic) bond motifs is 1. The average molecular weight is 439 g/mol. The number of carbonyl (C=O) groups is 2. The van der Waals surface area contributed by atoms with Crippen LogP contribution in [-0.4, -0.2) is 59.1 Å². The van der Waals surface area contributed by atoms with Crippen LogP contribution in [0.25, 0.3) is 10.9 Å². The Bertz CT molecular complexity index is 977. The number of carboxylic acid groups (broad SMARTS) is 1. The standard InChI is InChI=1S/C25H34N4O3/c1-17(2)14-24(30)26-18-8-9-22-20(15-18)21(25(31)32)16-23(27-22)29-12-10-28(11-13-29)19-6-4-3-5-7-19/h8-9,15-17,19H,3-7,10-14H2,1-2H3,(H,26,30)(H,31,32). The summed E-state index contributed by atoms with van der Waals surface area (Å²) in [5.74, 6) is -0.0792. The van der Waals surface area contributed by atoms with E-state index < -0.39 is 5.97 Å². The van der Waals surface area contributed by atoms with E-state index in [4.69, 9.17) is 4.98 Å². The van der Waals surface area contributed by atoms with Crippen molar-refractivity contribution in [2.45, 2.75) is 58.4 Å². The van der Waals surface area contributed by atoms with Crippen LogP contribution in [0.3, 0.4) is 0 Å². The smallest absolute Gasteiger partial charge is 0.336 e. The second kappa shape index (κ2) is 9.86. The fourth-order valence-electron chi connectivity index (χ4n) is 4.97. The van der Waals surface area contributed by atoms with Gasteiger partial charge in [-0.2, -0.15) is 0 Å². The van der Waals surface area contributed by atoms with E-state index in [2.05, 4.69) is 15.1 Å². The summed E-state index contributed by atoms with van der Waals surface area (Å²) in [5, 5.41) is 13.3. The van der Waals surface area contributed by atoms with Gasteiger partial charge in [0.25, 0.3) is 0 Å². The number of nitrogens with one attached hydrogen (secondary N) is 1. The molecular formula is C25H34N4O3. The largest absolute Gasteiger partial charge is 0.478 e. The lowest BCUT2D eigenvalue weighted by molar-refractivity contribution is -0.116. The predicted octanol–water partition coefficient (Wildman–Crippen LogP) is 4.37. The molecule has 32 heavy (non-hydrogen) atoms. The molecule has 0 spiro atoms. The highest BCUT2D eigenvalue weighted by atomic mass is 16.4. The minimum absolute atomic E-state index is 0.0726. The minimum Gasteiger partial charge on any atom is -0.478 e. The van der Waals surface area contributed by atoms with Gasteiger partial charge in [0.05, 0.1) is 11.1 Å². The van der Waals surface area contributed by atoms with E-state index in [9.17, 15) is 14.7 Å². The lowest BCUT2D eigenvalue weighted by Gasteiger charge is -2.41. The summed E-state index contributed by atoms with van der Waals surface area (Å²) < 4.78 is 0. The Morgan fingerprint density at radius 2 is 1.81 bits per heavy atom. The first-order chi connectivity index (χ1) is 15.4. The number of nitrogens with zero attached hydrogens (tertiary/aromatic N) is 3. The number of pyridine rings is 1. The normalized spacial score (nSPS) is 18.3. The number of carbonyl (C=O) groups excluding carboxylic acids is 1. The van der Waals surface area contributed by atoms with E-state index in [0.717, 1.165) is 32.0 Å². The van der Waals surface area contributed by atoms with Crippen LogP contribution in [0, 0.1) is 5.92 Å². The molecule has 7 heteroatoms. The third-order valence-corrected chi connectivity index (χ3v) is 6.63. The van der Waals surface area contributed by atoms with Gasteiger partial charge in [-0.1, -0.05) is 33.1 Å². The fourth-order valence-corrected chi connectivity index (χ4v) is 4.97. The molecule has 1 aromatic carbocycles. The van der Waals surface area contributed by atoms with Gasteiger partial charge in [0.2, 0.25) is 5.91 Å². The maximum absolute atomic E-state index is 12.1. The first-order valence-corrected chi connectivity index (χ1v) is 11.9. The van der Waals surface area contributed by atoms with Crippen LogP contribution in [0.15, 0.2) is 24.3 Å². The SMILES string of the molecule is CC(C)CC(=O)Nc1ccc2nc(N3CCN(C4CCCCC4)CC3)cc(C(=O)O)c2c1. The molecule has 0 radical (unpaired) electrons. The number of amides is 1. The van der Waals surface area contributed by atoms with E-state index in [1.54, 1.807) is 24.3 Å². The second-order valence-electron chi connectivity index (χ2n) is 9.53. The number of hydrogen-bond donors (Lipinski definition) is 2. The summed E-state index contributed by atoms with van der Waals surface area (Å²) in [4.78, 5) is 33.7. The summed E-state index contributed by atoms with van der Waals surface area (Å²) in [5.41, 5.74) is 1.46. The van der Waals surface area contributed by atoms with E-state index >= 15 is 0 Å². The molecule has 2 N–H and O–H groups in total. The highest BCUT2D eigenvalue weighted by molar-refractivity contribution is 6.05. The Morgan fingerprint density at radius 1 is 1.09 bits per heavy atom. The predicted molar refractivity (Wildman–Crippen MR) is 127 cm³/mol. The van der Waals surface area contributed by atoms with Crippen molar-refractivity contribution >= 4 is 34.3 Å². The van der Waals surface area contributed by atoms with Gasteiger partial charge in [-0.25, -0.2) is 9.78 Å². The van der Waals surface area contributed by atoms with Crippen molar-refractivity contribution in [1.82, 2.24) is 9.88 Å². The Morgan fingerprint density at radius 3 is 2.47 bits per heavy atom. The first kappa shape index (κ1) is 22.5. The number of rotatable bonds is 6. The van der Waals surface area contributed by atoms with Gasteiger partial charge in [-0.15, -0.1) is 0 Å². The highest BCUT2D eigenvalue weighted by Gasteiger charge is 2.26. The van der Waals surface area contributed by atoms with E-state index in [-0.39, 0.29) is 17.4 Å². The van der Waals surface area contributed by atoms with Gasteiger partial charge in [0, 0.05) is 49.7 Å². The number of anilines is 2. The molecule has 2 heterocycles. The number of aromatic carboxylic acids is 1. The zero-order valence-electron chi connectivity index (χ0n) is 19.1. The van der Waals surface area contributed by atoms with Gasteiger partial charge in [-0.3, -0.25) is 9.69 Å². The summed E-state index contributed by atoms with van der Waals surface area (Å²) in [6.45, 7) is 7.68. The summed E-state index contributed by atoms with van der Waals surface area (Å²) in [7, 11) is 0. The molecule has 2 fully saturated rings. The molecule has 1 saturated heterocycles. The molecule has 1 amide bonds. The number of piperazine rings is 1. The molecule has 1 aliphatic heterocycles.